The van der Waals surface area contributed by atoms with Gasteiger partial charge in [0.25, 0.3) is 0 Å². The Balaban J connectivity index is 2.06. The van der Waals surface area contributed by atoms with Crippen LogP contribution in [0.5, 0.6) is 0 Å². The Kier molecular flexibility index (Phi) is 5.62. The van der Waals surface area contributed by atoms with Crippen LogP contribution in [0.4, 0.5) is 0 Å². The van der Waals surface area contributed by atoms with Crippen LogP contribution in [-0.4, -0.2) is 23.5 Å². The van der Waals surface area contributed by atoms with Gasteiger partial charge in [-0.15, -0.1) is 0 Å². The zero-order valence-electron chi connectivity index (χ0n) is 13.3. The monoisotopic (exact) mass is 274 g/mol. The summed E-state index contributed by atoms with van der Waals surface area (Å²) in [5.41, 5.74) is 9.09. The Hall–Kier alpha value is -0.860. The molecule has 1 saturated carbocycles. The van der Waals surface area contributed by atoms with Crippen molar-refractivity contribution < 1.29 is 0 Å². The van der Waals surface area contributed by atoms with E-state index in [0.29, 0.717) is 6.04 Å². The quantitative estimate of drug-likeness (QED) is 0.878. The molecule has 1 fully saturated rings. The number of nitrogens with two attached hydrogens (primary N) is 1. The number of rotatable bonds is 5. The molecule has 0 saturated heterocycles. The van der Waals surface area contributed by atoms with E-state index in [9.17, 15) is 0 Å². The van der Waals surface area contributed by atoms with Gasteiger partial charge < -0.3 is 5.73 Å². The average molecular weight is 274 g/mol. The van der Waals surface area contributed by atoms with E-state index in [4.69, 9.17) is 5.73 Å². The van der Waals surface area contributed by atoms with E-state index in [-0.39, 0.29) is 6.04 Å². The van der Waals surface area contributed by atoms with Gasteiger partial charge in [0.05, 0.1) is 0 Å². The molecule has 2 unspecified atom stereocenters. The average Bonchev–Trinajstić information content (AvgIpc) is 2.49. The molecule has 0 amide bonds. The van der Waals surface area contributed by atoms with E-state index < -0.39 is 0 Å². The highest BCUT2D eigenvalue weighted by molar-refractivity contribution is 5.24. The third-order valence-electron chi connectivity index (χ3n) is 4.91. The zero-order valence-corrected chi connectivity index (χ0v) is 13.3. The number of hydrogen-bond donors (Lipinski definition) is 1. The van der Waals surface area contributed by atoms with Crippen molar-refractivity contribution in [1.82, 2.24) is 4.90 Å². The van der Waals surface area contributed by atoms with Crippen molar-refractivity contribution in [3.05, 3.63) is 35.4 Å². The third-order valence-corrected chi connectivity index (χ3v) is 4.91. The van der Waals surface area contributed by atoms with Crippen LogP contribution in [0.2, 0.25) is 0 Å². The standard InChI is InChI=1S/C18H30N2/c1-4-20(17-8-6-5-7-9-17)15(3)18(19)16-12-10-14(2)11-13-16/h10-13,15,17-18H,4-9,19H2,1-3H3. The number of hydrogen-bond acceptors (Lipinski definition) is 2. The number of benzene rings is 1. The summed E-state index contributed by atoms with van der Waals surface area (Å²) in [6.07, 6.45) is 6.87. The van der Waals surface area contributed by atoms with Crippen LogP contribution in [0.15, 0.2) is 24.3 Å². The molecule has 20 heavy (non-hydrogen) atoms. The Labute approximate surface area is 124 Å². The molecule has 112 valence electrons. The fourth-order valence-corrected chi connectivity index (χ4v) is 3.56. The number of aryl methyl sites for hydroxylation is 1. The molecule has 2 rings (SSSR count). The molecule has 0 radical (unpaired) electrons. The first kappa shape index (κ1) is 15.5. The van der Waals surface area contributed by atoms with Gasteiger partial charge in [-0.1, -0.05) is 56.0 Å². The fraction of sp³-hybridized carbons (Fsp3) is 0.667. The van der Waals surface area contributed by atoms with Gasteiger partial charge in [0, 0.05) is 18.1 Å². The maximum Gasteiger partial charge on any atom is 0.0450 e. The highest BCUT2D eigenvalue weighted by Crippen LogP contribution is 2.27. The second kappa shape index (κ2) is 7.24. The van der Waals surface area contributed by atoms with Crippen molar-refractivity contribution in [3.8, 4) is 0 Å². The molecule has 1 aromatic rings. The van der Waals surface area contributed by atoms with Crippen molar-refractivity contribution in [1.29, 1.82) is 0 Å². The van der Waals surface area contributed by atoms with Crippen molar-refractivity contribution in [2.24, 2.45) is 5.73 Å². The fourth-order valence-electron chi connectivity index (χ4n) is 3.56. The van der Waals surface area contributed by atoms with Crippen LogP contribution in [0.25, 0.3) is 0 Å². The van der Waals surface area contributed by atoms with Crippen molar-refractivity contribution in [2.45, 2.75) is 71.0 Å². The Morgan fingerprint density at radius 3 is 2.30 bits per heavy atom. The van der Waals surface area contributed by atoms with Gasteiger partial charge in [-0.05, 0) is 38.8 Å². The van der Waals surface area contributed by atoms with E-state index >= 15 is 0 Å². The molecule has 0 aromatic heterocycles. The van der Waals surface area contributed by atoms with E-state index in [0.717, 1.165) is 12.6 Å². The van der Waals surface area contributed by atoms with Crippen LogP contribution in [0.1, 0.15) is 63.1 Å². The molecule has 2 nitrogen and oxygen atoms in total. The first-order chi connectivity index (χ1) is 9.63. The highest BCUT2D eigenvalue weighted by atomic mass is 15.2. The molecule has 0 spiro atoms. The SMILES string of the molecule is CCN(C1CCCCC1)C(C)C(N)c1ccc(C)cc1. The zero-order chi connectivity index (χ0) is 14.5. The topological polar surface area (TPSA) is 29.3 Å². The summed E-state index contributed by atoms with van der Waals surface area (Å²) in [5.74, 6) is 0. The van der Waals surface area contributed by atoms with Crippen LogP contribution in [0, 0.1) is 6.92 Å². The van der Waals surface area contributed by atoms with Gasteiger partial charge in [0.2, 0.25) is 0 Å². The first-order valence-electron chi connectivity index (χ1n) is 8.21. The summed E-state index contributed by atoms with van der Waals surface area (Å²) in [4.78, 5) is 2.63. The lowest BCUT2D eigenvalue weighted by Crippen LogP contribution is -2.47. The molecule has 0 heterocycles. The van der Waals surface area contributed by atoms with E-state index in [2.05, 4.69) is 49.9 Å². The smallest absolute Gasteiger partial charge is 0.0450 e. The normalized spacial score (nSPS) is 20.1. The second-order valence-corrected chi connectivity index (χ2v) is 6.30. The van der Waals surface area contributed by atoms with Crippen LogP contribution in [0.3, 0.4) is 0 Å². The summed E-state index contributed by atoms with van der Waals surface area (Å²) in [6.45, 7) is 7.79. The van der Waals surface area contributed by atoms with Crippen molar-refractivity contribution in [3.63, 3.8) is 0 Å². The molecule has 1 aliphatic carbocycles. The Morgan fingerprint density at radius 2 is 1.75 bits per heavy atom. The van der Waals surface area contributed by atoms with Gasteiger partial charge >= 0.3 is 0 Å². The maximum absolute atomic E-state index is 6.53. The van der Waals surface area contributed by atoms with Gasteiger partial charge in [-0.2, -0.15) is 0 Å². The minimum Gasteiger partial charge on any atom is -0.323 e. The third kappa shape index (κ3) is 3.62. The van der Waals surface area contributed by atoms with Gasteiger partial charge in [0.1, 0.15) is 0 Å². The molecule has 2 heteroatoms. The number of nitrogens with zero attached hydrogens (tertiary/aromatic N) is 1. The Bertz CT molecular complexity index is 392. The largest absolute Gasteiger partial charge is 0.323 e. The summed E-state index contributed by atoms with van der Waals surface area (Å²) in [6, 6.07) is 9.96. The van der Waals surface area contributed by atoms with Crippen molar-refractivity contribution in [2.75, 3.05) is 6.54 Å². The van der Waals surface area contributed by atoms with Gasteiger partial charge in [-0.3, -0.25) is 4.90 Å². The lowest BCUT2D eigenvalue weighted by molar-refractivity contribution is 0.104. The second-order valence-electron chi connectivity index (χ2n) is 6.30. The molecular weight excluding hydrogens is 244 g/mol. The predicted molar refractivity (Wildman–Crippen MR) is 86.8 cm³/mol. The van der Waals surface area contributed by atoms with E-state index in [1.54, 1.807) is 0 Å². The molecule has 0 aliphatic heterocycles. The lowest BCUT2D eigenvalue weighted by Gasteiger charge is -2.40. The summed E-state index contributed by atoms with van der Waals surface area (Å²) >= 11 is 0. The number of likely N-dealkylation sites (N-methyl/N-ethyl adjacent to an activating group) is 1. The molecule has 1 aliphatic rings. The summed E-state index contributed by atoms with van der Waals surface area (Å²) in [5, 5.41) is 0. The van der Waals surface area contributed by atoms with Crippen molar-refractivity contribution >= 4 is 0 Å². The van der Waals surface area contributed by atoms with Crippen LogP contribution in [-0.2, 0) is 0 Å². The van der Waals surface area contributed by atoms with Gasteiger partial charge in [0.15, 0.2) is 0 Å². The lowest BCUT2D eigenvalue weighted by atomic mass is 9.91. The first-order valence-corrected chi connectivity index (χ1v) is 8.21. The van der Waals surface area contributed by atoms with E-state index in [1.165, 1.54) is 43.2 Å². The highest BCUT2D eigenvalue weighted by Gasteiger charge is 2.27. The van der Waals surface area contributed by atoms with E-state index in [1.807, 2.05) is 0 Å². The predicted octanol–water partition coefficient (Wildman–Crippen LogP) is 4.04. The minimum atomic E-state index is 0.109. The summed E-state index contributed by atoms with van der Waals surface area (Å²) < 4.78 is 0. The maximum atomic E-state index is 6.53. The Morgan fingerprint density at radius 1 is 1.15 bits per heavy atom. The van der Waals surface area contributed by atoms with Gasteiger partial charge in [-0.25, -0.2) is 0 Å². The van der Waals surface area contributed by atoms with Crippen LogP contribution < -0.4 is 5.73 Å². The summed E-state index contributed by atoms with van der Waals surface area (Å²) in [7, 11) is 0. The molecule has 0 bridgehead atoms. The molecule has 1 aromatic carbocycles. The molecule has 2 N–H and O–H groups in total. The van der Waals surface area contributed by atoms with Crippen LogP contribution >= 0.6 is 0 Å². The minimum absolute atomic E-state index is 0.109. The molecular formula is C18H30N2. The molecule has 2 atom stereocenters.